The molecule has 2 rings (SSSR count). The molecule has 0 aliphatic carbocycles. The molecule has 0 saturated heterocycles. The minimum absolute atomic E-state index is 0.277. The van der Waals surface area contributed by atoms with Crippen molar-refractivity contribution in [1.29, 1.82) is 0 Å². The first-order valence-corrected chi connectivity index (χ1v) is 6.78. The highest BCUT2D eigenvalue weighted by molar-refractivity contribution is 5.34. The van der Waals surface area contributed by atoms with E-state index in [1.165, 1.54) is 0 Å². The third-order valence-electron chi connectivity index (χ3n) is 3.38. The van der Waals surface area contributed by atoms with Crippen molar-refractivity contribution in [2.24, 2.45) is 0 Å². The first-order chi connectivity index (χ1) is 9.56. The van der Waals surface area contributed by atoms with Crippen LogP contribution in [0.4, 0.5) is 8.78 Å². The standard InChI is InChI=1S/C16H19F2NO/c1-4-8-19-15(16-11(3)7-9-20-16)12-6-5-10(2)13(17)14(12)18/h5-7,9,15,19H,4,8H2,1-3H3. The number of rotatable bonds is 5. The number of furan rings is 1. The van der Waals surface area contributed by atoms with Crippen LogP contribution in [0.25, 0.3) is 0 Å². The Morgan fingerprint density at radius 1 is 1.10 bits per heavy atom. The van der Waals surface area contributed by atoms with Crippen LogP contribution in [0.5, 0.6) is 0 Å². The van der Waals surface area contributed by atoms with Crippen molar-refractivity contribution in [3.63, 3.8) is 0 Å². The van der Waals surface area contributed by atoms with Crippen LogP contribution < -0.4 is 5.32 Å². The van der Waals surface area contributed by atoms with Crippen molar-refractivity contribution < 1.29 is 13.2 Å². The van der Waals surface area contributed by atoms with Gasteiger partial charge in [0.25, 0.3) is 0 Å². The summed E-state index contributed by atoms with van der Waals surface area (Å²) in [7, 11) is 0. The average molecular weight is 279 g/mol. The zero-order valence-corrected chi connectivity index (χ0v) is 12.0. The summed E-state index contributed by atoms with van der Waals surface area (Å²) in [5.41, 5.74) is 1.50. The lowest BCUT2D eigenvalue weighted by Crippen LogP contribution is -2.24. The first kappa shape index (κ1) is 14.7. The van der Waals surface area contributed by atoms with Crippen LogP contribution in [0, 0.1) is 25.5 Å². The van der Waals surface area contributed by atoms with E-state index in [1.807, 2.05) is 19.9 Å². The lowest BCUT2D eigenvalue weighted by atomic mass is 9.99. The van der Waals surface area contributed by atoms with E-state index < -0.39 is 17.7 Å². The molecule has 0 aliphatic rings. The van der Waals surface area contributed by atoms with Gasteiger partial charge in [-0.3, -0.25) is 0 Å². The Kier molecular flexibility index (Phi) is 4.55. The zero-order chi connectivity index (χ0) is 14.7. The minimum atomic E-state index is -0.811. The fraction of sp³-hybridized carbons (Fsp3) is 0.375. The highest BCUT2D eigenvalue weighted by Crippen LogP contribution is 2.29. The number of aryl methyl sites for hydroxylation is 2. The number of hydrogen-bond donors (Lipinski definition) is 1. The molecular formula is C16H19F2NO. The van der Waals surface area contributed by atoms with E-state index in [9.17, 15) is 8.78 Å². The van der Waals surface area contributed by atoms with E-state index >= 15 is 0 Å². The minimum Gasteiger partial charge on any atom is -0.467 e. The first-order valence-electron chi connectivity index (χ1n) is 6.78. The summed E-state index contributed by atoms with van der Waals surface area (Å²) in [4.78, 5) is 0. The van der Waals surface area contributed by atoms with Gasteiger partial charge in [0.05, 0.1) is 12.3 Å². The number of hydrogen-bond acceptors (Lipinski definition) is 2. The van der Waals surface area contributed by atoms with E-state index in [1.54, 1.807) is 25.3 Å². The lowest BCUT2D eigenvalue weighted by molar-refractivity contribution is 0.422. The van der Waals surface area contributed by atoms with E-state index in [0.717, 1.165) is 12.0 Å². The molecule has 0 saturated carbocycles. The predicted molar refractivity (Wildman–Crippen MR) is 74.7 cm³/mol. The van der Waals surface area contributed by atoms with Crippen LogP contribution in [-0.2, 0) is 0 Å². The molecule has 4 heteroatoms. The molecule has 1 heterocycles. The molecule has 20 heavy (non-hydrogen) atoms. The average Bonchev–Trinajstić information content (AvgIpc) is 2.85. The third-order valence-corrected chi connectivity index (χ3v) is 3.38. The van der Waals surface area contributed by atoms with Gasteiger partial charge in [0, 0.05) is 5.56 Å². The molecule has 108 valence electrons. The van der Waals surface area contributed by atoms with Crippen molar-refractivity contribution >= 4 is 0 Å². The summed E-state index contributed by atoms with van der Waals surface area (Å²) in [6.45, 7) is 6.15. The third kappa shape index (κ3) is 2.75. The maximum Gasteiger partial charge on any atom is 0.164 e. The highest BCUT2D eigenvalue weighted by Gasteiger charge is 2.24. The molecule has 1 aromatic heterocycles. The normalized spacial score (nSPS) is 12.7. The van der Waals surface area contributed by atoms with Gasteiger partial charge in [0.15, 0.2) is 11.6 Å². The zero-order valence-electron chi connectivity index (χ0n) is 12.0. The molecule has 2 aromatic rings. The van der Waals surface area contributed by atoms with Crippen LogP contribution in [-0.4, -0.2) is 6.54 Å². The van der Waals surface area contributed by atoms with Gasteiger partial charge in [-0.05, 0) is 44.0 Å². The maximum atomic E-state index is 14.2. The topological polar surface area (TPSA) is 25.2 Å². The van der Waals surface area contributed by atoms with Crippen LogP contribution in [0.1, 0.15) is 41.8 Å². The molecule has 2 nitrogen and oxygen atoms in total. The molecule has 0 radical (unpaired) electrons. The Labute approximate surface area is 117 Å². The molecule has 0 bridgehead atoms. The second kappa shape index (κ2) is 6.18. The molecule has 0 amide bonds. The quantitative estimate of drug-likeness (QED) is 0.884. The summed E-state index contributed by atoms with van der Waals surface area (Å²) < 4.78 is 33.4. The lowest BCUT2D eigenvalue weighted by Gasteiger charge is -2.19. The van der Waals surface area contributed by atoms with Crippen molar-refractivity contribution in [2.75, 3.05) is 6.54 Å². The van der Waals surface area contributed by atoms with Gasteiger partial charge in [-0.15, -0.1) is 0 Å². The second-order valence-electron chi connectivity index (χ2n) is 4.95. The van der Waals surface area contributed by atoms with Crippen molar-refractivity contribution in [1.82, 2.24) is 5.32 Å². The number of benzene rings is 1. The van der Waals surface area contributed by atoms with Gasteiger partial charge < -0.3 is 9.73 Å². The van der Waals surface area contributed by atoms with Gasteiger partial charge in [0.1, 0.15) is 5.76 Å². The van der Waals surface area contributed by atoms with E-state index in [2.05, 4.69) is 5.32 Å². The Hall–Kier alpha value is -1.68. The molecule has 1 unspecified atom stereocenters. The fourth-order valence-corrected chi connectivity index (χ4v) is 2.20. The fourth-order valence-electron chi connectivity index (χ4n) is 2.20. The predicted octanol–water partition coefficient (Wildman–Crippen LogP) is 4.26. The summed E-state index contributed by atoms with van der Waals surface area (Å²) in [6.07, 6.45) is 2.46. The van der Waals surface area contributed by atoms with Crippen LogP contribution in [0.2, 0.25) is 0 Å². The second-order valence-corrected chi connectivity index (χ2v) is 4.95. The van der Waals surface area contributed by atoms with Gasteiger partial charge in [0.2, 0.25) is 0 Å². The SMILES string of the molecule is CCCNC(c1ccc(C)c(F)c1F)c1occc1C. The highest BCUT2D eigenvalue weighted by atomic mass is 19.2. The number of halogens is 2. The molecule has 0 spiro atoms. The van der Waals surface area contributed by atoms with Gasteiger partial charge in [-0.25, -0.2) is 8.78 Å². The number of nitrogens with one attached hydrogen (secondary N) is 1. The molecule has 0 fully saturated rings. The molecule has 1 atom stereocenters. The van der Waals surface area contributed by atoms with Crippen LogP contribution in [0.3, 0.4) is 0 Å². The molecule has 1 aromatic carbocycles. The largest absolute Gasteiger partial charge is 0.467 e. The molecular weight excluding hydrogens is 260 g/mol. The van der Waals surface area contributed by atoms with Crippen molar-refractivity contribution in [3.8, 4) is 0 Å². The van der Waals surface area contributed by atoms with Gasteiger partial charge >= 0.3 is 0 Å². The summed E-state index contributed by atoms with van der Waals surface area (Å²) >= 11 is 0. The summed E-state index contributed by atoms with van der Waals surface area (Å²) in [6, 6.07) is 4.55. The van der Waals surface area contributed by atoms with E-state index in [4.69, 9.17) is 4.42 Å². The van der Waals surface area contributed by atoms with Gasteiger partial charge in [-0.1, -0.05) is 19.1 Å². The van der Waals surface area contributed by atoms with Crippen LogP contribution in [0.15, 0.2) is 28.9 Å². The van der Waals surface area contributed by atoms with Crippen LogP contribution >= 0.6 is 0 Å². The molecule has 1 N–H and O–H groups in total. The monoisotopic (exact) mass is 279 g/mol. The van der Waals surface area contributed by atoms with Gasteiger partial charge in [-0.2, -0.15) is 0 Å². The maximum absolute atomic E-state index is 14.2. The van der Waals surface area contributed by atoms with E-state index in [0.29, 0.717) is 17.9 Å². The summed E-state index contributed by atoms with van der Waals surface area (Å²) in [5.74, 6) is -0.981. The Morgan fingerprint density at radius 3 is 2.45 bits per heavy atom. The smallest absolute Gasteiger partial charge is 0.164 e. The van der Waals surface area contributed by atoms with Crippen molar-refractivity contribution in [3.05, 3.63) is 58.5 Å². The Bertz CT molecular complexity index is 592. The Morgan fingerprint density at radius 2 is 1.85 bits per heavy atom. The Balaban J connectivity index is 2.47. The van der Waals surface area contributed by atoms with Crippen molar-refractivity contribution in [2.45, 2.75) is 33.2 Å². The van der Waals surface area contributed by atoms with E-state index in [-0.39, 0.29) is 5.56 Å². The summed E-state index contributed by atoms with van der Waals surface area (Å²) in [5, 5.41) is 3.22. The molecule has 0 aliphatic heterocycles.